The molecule has 8 nitrogen and oxygen atoms in total. The van der Waals surface area contributed by atoms with Crippen molar-refractivity contribution in [3.05, 3.63) is 71.8 Å². The number of rotatable bonds is 11. The lowest BCUT2D eigenvalue weighted by Crippen LogP contribution is -2.55. The summed E-state index contributed by atoms with van der Waals surface area (Å²) in [5, 5.41) is 8.54. The lowest BCUT2D eigenvalue weighted by Gasteiger charge is -2.34. The minimum Gasteiger partial charge on any atom is -0.445 e. The Morgan fingerprint density at radius 3 is 2.03 bits per heavy atom. The molecule has 2 rings (SSSR count). The Labute approximate surface area is 220 Å². The first-order valence-corrected chi connectivity index (χ1v) is 12.7. The topological polar surface area (TPSA) is 106 Å². The van der Waals surface area contributed by atoms with Gasteiger partial charge in [-0.3, -0.25) is 4.79 Å². The Hall–Kier alpha value is -3.55. The first-order chi connectivity index (χ1) is 17.4. The molecule has 2 aromatic rings. The fourth-order valence-corrected chi connectivity index (χ4v) is 3.81. The van der Waals surface area contributed by atoms with Gasteiger partial charge in [-0.1, -0.05) is 74.5 Å². The maximum absolute atomic E-state index is 13.4. The molecule has 2 atom stereocenters. The van der Waals surface area contributed by atoms with E-state index < -0.39 is 29.2 Å². The number of alkyl carbamates (subject to hydrolysis) is 2. The van der Waals surface area contributed by atoms with E-state index in [0.29, 0.717) is 19.4 Å². The van der Waals surface area contributed by atoms with E-state index in [-0.39, 0.29) is 18.6 Å². The summed E-state index contributed by atoms with van der Waals surface area (Å²) in [6, 6.07) is 17.9. The number of nitrogens with one attached hydrogen (secondary N) is 3. The van der Waals surface area contributed by atoms with Gasteiger partial charge in [0.2, 0.25) is 5.91 Å². The molecule has 0 fully saturated rings. The first-order valence-electron chi connectivity index (χ1n) is 12.7. The zero-order chi connectivity index (χ0) is 27.5. The van der Waals surface area contributed by atoms with Gasteiger partial charge >= 0.3 is 12.2 Å². The van der Waals surface area contributed by atoms with Gasteiger partial charge in [-0.05, 0) is 57.1 Å². The van der Waals surface area contributed by atoms with E-state index in [9.17, 15) is 14.4 Å². The number of amides is 3. The van der Waals surface area contributed by atoms with Crippen LogP contribution in [0.3, 0.4) is 0 Å². The van der Waals surface area contributed by atoms with E-state index in [0.717, 1.165) is 11.1 Å². The molecule has 0 aliphatic rings. The normalized spacial score (nSPS) is 13.1. The van der Waals surface area contributed by atoms with Crippen LogP contribution in [0.15, 0.2) is 60.7 Å². The fourth-order valence-electron chi connectivity index (χ4n) is 3.81. The van der Waals surface area contributed by atoms with Gasteiger partial charge in [0.25, 0.3) is 0 Å². The summed E-state index contributed by atoms with van der Waals surface area (Å²) in [6.07, 6.45) is -0.0138. The maximum Gasteiger partial charge on any atom is 0.408 e. The molecule has 0 aliphatic carbocycles. The fraction of sp³-hybridized carbons (Fsp3) is 0.483. The zero-order valence-corrected chi connectivity index (χ0v) is 22.8. The highest BCUT2D eigenvalue weighted by atomic mass is 16.6. The number of benzene rings is 2. The van der Waals surface area contributed by atoms with Crippen LogP contribution in [-0.2, 0) is 20.9 Å². The predicted octanol–water partition coefficient (Wildman–Crippen LogP) is 5.49. The number of hydrogen-bond donors (Lipinski definition) is 3. The largest absolute Gasteiger partial charge is 0.445 e. The second-order valence-electron chi connectivity index (χ2n) is 10.8. The molecule has 3 amide bonds. The van der Waals surface area contributed by atoms with Crippen molar-refractivity contribution >= 4 is 18.1 Å². The van der Waals surface area contributed by atoms with Crippen molar-refractivity contribution in [1.29, 1.82) is 0 Å². The van der Waals surface area contributed by atoms with E-state index in [2.05, 4.69) is 16.0 Å². The SMILES string of the molecule is C[C@H](NC(=O)[C@H](NC(=O)OCc1ccccc1)C(C)(C)CCCNC(=O)OC(C)(C)C)c1ccccc1. The van der Waals surface area contributed by atoms with Gasteiger partial charge in [0, 0.05) is 6.54 Å². The smallest absolute Gasteiger partial charge is 0.408 e. The molecule has 0 unspecified atom stereocenters. The van der Waals surface area contributed by atoms with Gasteiger partial charge in [-0.2, -0.15) is 0 Å². The van der Waals surface area contributed by atoms with Gasteiger partial charge in [0.05, 0.1) is 6.04 Å². The third kappa shape index (κ3) is 10.9. The predicted molar refractivity (Wildman–Crippen MR) is 144 cm³/mol. The van der Waals surface area contributed by atoms with Crippen molar-refractivity contribution in [3.63, 3.8) is 0 Å². The summed E-state index contributed by atoms with van der Waals surface area (Å²) in [4.78, 5) is 38.1. The third-order valence-corrected chi connectivity index (χ3v) is 5.84. The van der Waals surface area contributed by atoms with Crippen LogP contribution in [0.5, 0.6) is 0 Å². The van der Waals surface area contributed by atoms with Crippen LogP contribution >= 0.6 is 0 Å². The minimum atomic E-state index is -0.858. The quantitative estimate of drug-likeness (QED) is 0.346. The summed E-state index contributed by atoms with van der Waals surface area (Å²) >= 11 is 0. The lowest BCUT2D eigenvalue weighted by atomic mass is 9.79. The average molecular weight is 512 g/mol. The van der Waals surface area contributed by atoms with Crippen LogP contribution in [0.4, 0.5) is 9.59 Å². The van der Waals surface area contributed by atoms with E-state index in [4.69, 9.17) is 9.47 Å². The maximum atomic E-state index is 13.4. The van der Waals surface area contributed by atoms with Gasteiger partial charge in [0.1, 0.15) is 18.2 Å². The second-order valence-corrected chi connectivity index (χ2v) is 10.8. The molecular weight excluding hydrogens is 470 g/mol. The molecule has 8 heteroatoms. The van der Waals surface area contributed by atoms with Crippen molar-refractivity contribution in [2.24, 2.45) is 5.41 Å². The zero-order valence-electron chi connectivity index (χ0n) is 22.8. The monoisotopic (exact) mass is 511 g/mol. The van der Waals surface area contributed by atoms with Crippen molar-refractivity contribution in [1.82, 2.24) is 16.0 Å². The van der Waals surface area contributed by atoms with Crippen LogP contribution in [-0.4, -0.2) is 36.3 Å². The van der Waals surface area contributed by atoms with E-state index in [1.165, 1.54) is 0 Å². The molecule has 0 saturated heterocycles. The standard InChI is InChI=1S/C29H41N3O5/c1-21(23-16-11-8-12-17-23)31-25(33)24(32-27(35)36-20-22-14-9-7-10-15-22)29(5,6)18-13-19-30-26(34)37-28(2,3)4/h7-12,14-17,21,24H,13,18-20H2,1-6H3,(H,30,34)(H,31,33)(H,32,35)/t21-,24-/m0/s1. The van der Waals surface area contributed by atoms with Gasteiger partial charge in [-0.25, -0.2) is 9.59 Å². The highest BCUT2D eigenvalue weighted by molar-refractivity contribution is 5.86. The molecule has 0 aromatic heterocycles. The summed E-state index contributed by atoms with van der Waals surface area (Å²) in [6.45, 7) is 11.6. The van der Waals surface area contributed by atoms with Gasteiger partial charge in [0.15, 0.2) is 0 Å². The number of ether oxygens (including phenoxy) is 2. The summed E-state index contributed by atoms with van der Waals surface area (Å²) in [5.41, 5.74) is 0.595. The summed E-state index contributed by atoms with van der Waals surface area (Å²) < 4.78 is 10.7. The Bertz CT molecular complexity index is 1000. The van der Waals surface area contributed by atoms with Crippen LogP contribution < -0.4 is 16.0 Å². The van der Waals surface area contributed by atoms with Crippen LogP contribution in [0.25, 0.3) is 0 Å². The average Bonchev–Trinajstić information content (AvgIpc) is 2.84. The molecule has 0 spiro atoms. The molecule has 0 saturated carbocycles. The summed E-state index contributed by atoms with van der Waals surface area (Å²) in [5.74, 6) is -0.307. The molecule has 0 bridgehead atoms. The van der Waals surface area contributed by atoms with Crippen molar-refractivity contribution in [2.75, 3.05) is 6.54 Å². The van der Waals surface area contributed by atoms with Crippen LogP contribution in [0.1, 0.15) is 71.6 Å². The van der Waals surface area contributed by atoms with Crippen molar-refractivity contribution in [3.8, 4) is 0 Å². The number of carbonyl (C=O) groups is 3. The van der Waals surface area contributed by atoms with Crippen LogP contribution in [0.2, 0.25) is 0 Å². The van der Waals surface area contributed by atoms with Gasteiger partial charge in [-0.15, -0.1) is 0 Å². The van der Waals surface area contributed by atoms with E-state index in [1.54, 1.807) is 20.8 Å². The molecule has 202 valence electrons. The molecule has 2 aromatic carbocycles. The number of hydrogen-bond acceptors (Lipinski definition) is 5. The third-order valence-electron chi connectivity index (χ3n) is 5.84. The second kappa shape index (κ2) is 13.7. The Morgan fingerprint density at radius 1 is 0.838 bits per heavy atom. The Balaban J connectivity index is 2.04. The highest BCUT2D eigenvalue weighted by Crippen LogP contribution is 2.28. The highest BCUT2D eigenvalue weighted by Gasteiger charge is 2.37. The summed E-state index contributed by atoms with van der Waals surface area (Å²) in [7, 11) is 0. The molecule has 0 radical (unpaired) electrons. The van der Waals surface area contributed by atoms with Gasteiger partial charge < -0.3 is 25.4 Å². The van der Waals surface area contributed by atoms with Crippen molar-refractivity contribution in [2.45, 2.75) is 78.7 Å². The molecule has 37 heavy (non-hydrogen) atoms. The minimum absolute atomic E-state index is 0.0989. The van der Waals surface area contributed by atoms with Crippen LogP contribution in [0, 0.1) is 5.41 Å². The van der Waals surface area contributed by atoms with E-state index in [1.807, 2.05) is 81.4 Å². The molecule has 3 N–H and O–H groups in total. The van der Waals surface area contributed by atoms with E-state index >= 15 is 0 Å². The molecule has 0 aliphatic heterocycles. The molecular formula is C29H41N3O5. The van der Waals surface area contributed by atoms with Crippen molar-refractivity contribution < 1.29 is 23.9 Å². The number of carbonyl (C=O) groups excluding carboxylic acids is 3. The first kappa shape index (κ1) is 29.7. The lowest BCUT2D eigenvalue weighted by molar-refractivity contribution is -0.126. The molecule has 0 heterocycles. The Morgan fingerprint density at radius 2 is 1.43 bits per heavy atom. The Kier molecular flexibility index (Phi) is 11.0.